The standard InChI is InChI=1S/C21H21F3N4OS/c1-13-7-8-14(2)18-17(13)26-20(30-18)28-11-9-27(10-12-28)19(29)25-16-6-4-3-5-15(16)21(22,23)24/h3-8H,9-12H2,1-2H3,(H,25,29). The Morgan fingerprint density at radius 2 is 1.70 bits per heavy atom. The highest BCUT2D eigenvalue weighted by Crippen LogP contribution is 2.35. The molecule has 5 nitrogen and oxygen atoms in total. The Morgan fingerprint density at radius 1 is 1.03 bits per heavy atom. The first-order valence-corrected chi connectivity index (χ1v) is 10.4. The highest BCUT2D eigenvalue weighted by Gasteiger charge is 2.34. The molecule has 9 heteroatoms. The van der Waals surface area contributed by atoms with Crippen LogP contribution in [-0.4, -0.2) is 42.1 Å². The predicted octanol–water partition coefficient (Wildman–Crippen LogP) is 5.29. The third kappa shape index (κ3) is 3.94. The van der Waals surface area contributed by atoms with Crippen molar-refractivity contribution in [2.45, 2.75) is 20.0 Å². The van der Waals surface area contributed by atoms with E-state index in [1.807, 2.05) is 6.92 Å². The maximum absolute atomic E-state index is 13.1. The second-order valence-electron chi connectivity index (χ2n) is 7.32. The van der Waals surface area contributed by atoms with E-state index in [2.05, 4.69) is 29.3 Å². The van der Waals surface area contributed by atoms with Crippen molar-refractivity contribution in [1.29, 1.82) is 0 Å². The van der Waals surface area contributed by atoms with Crippen molar-refractivity contribution in [3.63, 3.8) is 0 Å². The number of nitrogens with zero attached hydrogens (tertiary/aromatic N) is 3. The van der Waals surface area contributed by atoms with E-state index in [1.165, 1.54) is 28.7 Å². The quantitative estimate of drug-likeness (QED) is 0.597. The van der Waals surface area contributed by atoms with Crippen LogP contribution in [0.1, 0.15) is 16.7 Å². The number of amides is 2. The van der Waals surface area contributed by atoms with Gasteiger partial charge in [0.2, 0.25) is 0 Å². The van der Waals surface area contributed by atoms with E-state index >= 15 is 0 Å². The second-order valence-corrected chi connectivity index (χ2v) is 8.30. The fraction of sp³-hybridized carbons (Fsp3) is 0.333. The molecule has 2 amide bonds. The summed E-state index contributed by atoms with van der Waals surface area (Å²) in [5.41, 5.74) is 2.23. The van der Waals surface area contributed by atoms with Crippen molar-refractivity contribution in [2.24, 2.45) is 0 Å². The Hall–Kier alpha value is -2.81. The summed E-state index contributed by atoms with van der Waals surface area (Å²) in [7, 11) is 0. The smallest absolute Gasteiger partial charge is 0.345 e. The number of halogens is 3. The van der Waals surface area contributed by atoms with E-state index in [0.717, 1.165) is 27.0 Å². The van der Waals surface area contributed by atoms with Gasteiger partial charge in [-0.2, -0.15) is 13.2 Å². The molecule has 0 unspecified atom stereocenters. The van der Waals surface area contributed by atoms with Crippen molar-refractivity contribution >= 4 is 38.4 Å². The molecule has 4 rings (SSSR count). The van der Waals surface area contributed by atoms with E-state index in [-0.39, 0.29) is 5.69 Å². The third-order valence-electron chi connectivity index (χ3n) is 5.24. The largest absolute Gasteiger partial charge is 0.418 e. The molecular weight excluding hydrogens is 413 g/mol. The van der Waals surface area contributed by atoms with Gasteiger partial charge < -0.3 is 15.1 Å². The van der Waals surface area contributed by atoms with Crippen LogP contribution in [0.25, 0.3) is 10.2 Å². The highest BCUT2D eigenvalue weighted by atomic mass is 32.1. The molecule has 2 heterocycles. The number of rotatable bonds is 2. The van der Waals surface area contributed by atoms with Gasteiger partial charge >= 0.3 is 12.2 Å². The highest BCUT2D eigenvalue weighted by molar-refractivity contribution is 7.22. The normalized spacial score (nSPS) is 15.0. The molecule has 1 aliphatic heterocycles. The van der Waals surface area contributed by atoms with Gasteiger partial charge in [0.15, 0.2) is 5.13 Å². The van der Waals surface area contributed by atoms with Crippen LogP contribution in [0, 0.1) is 13.8 Å². The van der Waals surface area contributed by atoms with E-state index in [4.69, 9.17) is 4.98 Å². The number of carbonyl (C=O) groups excluding carboxylic acids is 1. The zero-order valence-corrected chi connectivity index (χ0v) is 17.4. The third-order valence-corrected chi connectivity index (χ3v) is 6.49. The number of anilines is 2. The topological polar surface area (TPSA) is 48.5 Å². The fourth-order valence-electron chi connectivity index (χ4n) is 3.52. The van der Waals surface area contributed by atoms with Gasteiger partial charge in [-0.3, -0.25) is 0 Å². The van der Waals surface area contributed by atoms with E-state index < -0.39 is 17.8 Å². The van der Waals surface area contributed by atoms with Crippen molar-refractivity contribution in [3.8, 4) is 0 Å². The van der Waals surface area contributed by atoms with Crippen LogP contribution >= 0.6 is 11.3 Å². The first-order valence-electron chi connectivity index (χ1n) is 9.58. The minimum atomic E-state index is -4.52. The SMILES string of the molecule is Cc1ccc(C)c2sc(N3CCN(C(=O)Nc4ccccc4C(F)(F)F)CC3)nc12. The zero-order chi connectivity index (χ0) is 21.5. The summed E-state index contributed by atoms with van der Waals surface area (Å²) in [6.07, 6.45) is -4.52. The number of hydrogen-bond acceptors (Lipinski definition) is 4. The number of alkyl halides is 3. The minimum Gasteiger partial charge on any atom is -0.345 e. The van der Waals surface area contributed by atoms with Gasteiger partial charge in [0.1, 0.15) is 0 Å². The maximum Gasteiger partial charge on any atom is 0.418 e. The molecular formula is C21H21F3N4OS. The van der Waals surface area contributed by atoms with Crippen LogP contribution in [-0.2, 0) is 6.18 Å². The molecule has 3 aromatic rings. The van der Waals surface area contributed by atoms with Gasteiger partial charge in [-0.15, -0.1) is 0 Å². The van der Waals surface area contributed by atoms with Crippen molar-refractivity contribution < 1.29 is 18.0 Å². The molecule has 0 bridgehead atoms. The molecule has 158 valence electrons. The lowest BCUT2D eigenvalue weighted by atomic mass is 10.1. The molecule has 0 atom stereocenters. The Labute approximate surface area is 176 Å². The molecule has 0 saturated carbocycles. The lowest BCUT2D eigenvalue weighted by Gasteiger charge is -2.34. The van der Waals surface area contributed by atoms with E-state index in [9.17, 15) is 18.0 Å². The number of nitrogens with one attached hydrogen (secondary N) is 1. The van der Waals surface area contributed by atoms with Crippen LogP contribution in [0.5, 0.6) is 0 Å². The van der Waals surface area contributed by atoms with Crippen molar-refractivity contribution in [1.82, 2.24) is 9.88 Å². The number of piperazine rings is 1. The lowest BCUT2D eigenvalue weighted by molar-refractivity contribution is -0.136. The Kier molecular flexibility index (Phi) is 5.31. The molecule has 1 aromatic heterocycles. The summed E-state index contributed by atoms with van der Waals surface area (Å²) in [6, 6.07) is 8.62. The van der Waals surface area contributed by atoms with Crippen LogP contribution in [0.3, 0.4) is 0 Å². The van der Waals surface area contributed by atoms with Crippen LogP contribution in [0.15, 0.2) is 36.4 Å². The summed E-state index contributed by atoms with van der Waals surface area (Å²) < 4.78 is 40.6. The molecule has 2 aromatic carbocycles. The number of para-hydroxylation sites is 1. The predicted molar refractivity (Wildman–Crippen MR) is 113 cm³/mol. The number of urea groups is 1. The molecule has 1 N–H and O–H groups in total. The van der Waals surface area contributed by atoms with Crippen molar-refractivity contribution in [3.05, 3.63) is 53.1 Å². The van der Waals surface area contributed by atoms with Gasteiger partial charge in [-0.25, -0.2) is 9.78 Å². The number of carbonyl (C=O) groups is 1. The minimum absolute atomic E-state index is 0.227. The Morgan fingerprint density at radius 3 is 2.37 bits per heavy atom. The van der Waals surface area contributed by atoms with Crippen molar-refractivity contribution in [2.75, 3.05) is 36.4 Å². The summed E-state index contributed by atoms with van der Waals surface area (Å²) in [5.74, 6) is 0. The van der Waals surface area contributed by atoms with Crippen LogP contribution in [0.4, 0.5) is 28.8 Å². The molecule has 30 heavy (non-hydrogen) atoms. The number of hydrogen-bond donors (Lipinski definition) is 1. The molecule has 0 spiro atoms. The second kappa shape index (κ2) is 7.79. The number of benzene rings is 2. The number of thiazole rings is 1. The Bertz CT molecular complexity index is 1050. The average molecular weight is 434 g/mol. The first kappa shape index (κ1) is 20.5. The van der Waals surface area contributed by atoms with Gasteiger partial charge in [0.25, 0.3) is 0 Å². The molecule has 0 radical (unpaired) electrons. The van der Waals surface area contributed by atoms with E-state index in [0.29, 0.717) is 26.2 Å². The summed E-state index contributed by atoms with van der Waals surface area (Å²) in [5, 5.41) is 3.32. The average Bonchev–Trinajstić information content (AvgIpc) is 3.17. The van der Waals surface area contributed by atoms with Gasteiger partial charge in [-0.05, 0) is 37.1 Å². The monoisotopic (exact) mass is 434 g/mol. The summed E-state index contributed by atoms with van der Waals surface area (Å²) >= 11 is 1.63. The molecule has 1 saturated heterocycles. The fourth-order valence-corrected chi connectivity index (χ4v) is 4.68. The first-order chi connectivity index (χ1) is 14.2. The maximum atomic E-state index is 13.1. The number of fused-ring (bicyclic) bond motifs is 1. The molecule has 1 fully saturated rings. The summed E-state index contributed by atoms with van der Waals surface area (Å²) in [6.45, 7) is 6.07. The van der Waals surface area contributed by atoms with Gasteiger partial charge in [0.05, 0.1) is 21.5 Å². The molecule has 1 aliphatic rings. The summed E-state index contributed by atoms with van der Waals surface area (Å²) in [4.78, 5) is 21.0. The van der Waals surface area contributed by atoms with Crippen LogP contribution < -0.4 is 10.2 Å². The van der Waals surface area contributed by atoms with E-state index in [1.54, 1.807) is 11.3 Å². The zero-order valence-electron chi connectivity index (χ0n) is 16.6. The number of aromatic nitrogens is 1. The Balaban J connectivity index is 1.44. The molecule has 0 aliphatic carbocycles. The van der Waals surface area contributed by atoms with Gasteiger partial charge in [0, 0.05) is 26.2 Å². The van der Waals surface area contributed by atoms with Gasteiger partial charge in [-0.1, -0.05) is 35.6 Å². The number of aryl methyl sites for hydroxylation is 2. The lowest BCUT2D eigenvalue weighted by Crippen LogP contribution is -2.50. The van der Waals surface area contributed by atoms with Crippen LogP contribution in [0.2, 0.25) is 0 Å².